The topological polar surface area (TPSA) is 68.4 Å². The number of aryl methyl sites for hydroxylation is 1. The van der Waals surface area contributed by atoms with Crippen LogP contribution < -0.4 is 4.74 Å². The third-order valence-electron chi connectivity index (χ3n) is 3.76. The van der Waals surface area contributed by atoms with Crippen LogP contribution in [0.3, 0.4) is 0 Å². The van der Waals surface area contributed by atoms with Crippen molar-refractivity contribution < 1.29 is 14.4 Å². The Labute approximate surface area is 123 Å². The van der Waals surface area contributed by atoms with E-state index >= 15 is 0 Å². The van der Waals surface area contributed by atoms with Gasteiger partial charge in [-0.1, -0.05) is 24.2 Å². The van der Waals surface area contributed by atoms with Crippen molar-refractivity contribution in [2.24, 2.45) is 0 Å². The van der Waals surface area contributed by atoms with Gasteiger partial charge in [-0.25, -0.2) is 0 Å². The predicted molar refractivity (Wildman–Crippen MR) is 77.0 cm³/mol. The first-order chi connectivity index (χ1) is 10.3. The Kier molecular flexibility index (Phi) is 4.20. The third kappa shape index (κ3) is 3.08. The highest BCUT2D eigenvalue weighted by Gasteiger charge is 2.21. The third-order valence-corrected chi connectivity index (χ3v) is 3.76. The number of hydrogen-bond donors (Lipinski definition) is 1. The number of aliphatic hydroxyl groups excluding tert-OH is 1. The van der Waals surface area contributed by atoms with Crippen molar-refractivity contribution >= 4 is 0 Å². The Balaban J connectivity index is 1.71. The lowest BCUT2D eigenvalue weighted by Crippen LogP contribution is -2.11. The first-order valence-electron chi connectivity index (χ1n) is 7.52. The molecule has 0 fully saturated rings. The lowest BCUT2D eigenvalue weighted by atomic mass is 9.89. The largest absolute Gasteiger partial charge is 0.485 e. The molecule has 21 heavy (non-hydrogen) atoms. The van der Waals surface area contributed by atoms with Crippen LogP contribution in [0.1, 0.15) is 55.1 Å². The van der Waals surface area contributed by atoms with Crippen molar-refractivity contribution in [1.82, 2.24) is 10.1 Å². The molecular formula is C16H20N2O3. The monoisotopic (exact) mass is 288 g/mol. The van der Waals surface area contributed by atoms with Crippen LogP contribution in [0, 0.1) is 0 Å². The average Bonchev–Trinajstić information content (AvgIpc) is 2.94. The summed E-state index contributed by atoms with van der Waals surface area (Å²) in [6.45, 7) is 2.36. The van der Waals surface area contributed by atoms with E-state index in [1.54, 1.807) is 0 Å². The van der Waals surface area contributed by atoms with E-state index in [-0.39, 0.29) is 6.10 Å². The maximum absolute atomic E-state index is 10.0. The number of rotatable bonds is 5. The Hall–Kier alpha value is -1.88. The number of nitrogens with zero attached hydrogens (tertiary/aromatic N) is 2. The Morgan fingerprint density at radius 3 is 3.19 bits per heavy atom. The number of fused-ring (bicyclic) bond motifs is 1. The second-order valence-corrected chi connectivity index (χ2v) is 5.37. The van der Waals surface area contributed by atoms with Gasteiger partial charge in [0.25, 0.3) is 0 Å². The molecule has 0 amide bonds. The van der Waals surface area contributed by atoms with Crippen LogP contribution in [0.5, 0.6) is 5.75 Å². The molecule has 0 aliphatic heterocycles. The first kappa shape index (κ1) is 14.1. The summed E-state index contributed by atoms with van der Waals surface area (Å²) in [5.41, 5.74) is 2.09. The standard InChI is InChI=1S/C16H20N2O3/c1-2-5-16-17-15(18-21-16)10-20-14-9-4-6-11-12(14)7-3-8-13(11)19/h4,6,9,13,19H,2-3,5,7-8,10H2,1H3. The highest BCUT2D eigenvalue weighted by molar-refractivity contribution is 5.42. The van der Waals surface area contributed by atoms with Gasteiger partial charge in [0.15, 0.2) is 6.61 Å². The number of ether oxygens (including phenoxy) is 1. The van der Waals surface area contributed by atoms with E-state index in [1.165, 1.54) is 0 Å². The van der Waals surface area contributed by atoms with Gasteiger partial charge >= 0.3 is 0 Å². The minimum Gasteiger partial charge on any atom is -0.485 e. The number of benzene rings is 1. The maximum Gasteiger partial charge on any atom is 0.226 e. The molecule has 2 aromatic rings. The number of hydrogen-bond acceptors (Lipinski definition) is 5. The van der Waals surface area contributed by atoms with Gasteiger partial charge in [0.2, 0.25) is 11.7 Å². The fourth-order valence-corrected chi connectivity index (χ4v) is 2.73. The molecular weight excluding hydrogens is 268 g/mol. The summed E-state index contributed by atoms with van der Waals surface area (Å²) in [5.74, 6) is 2.03. The minimum absolute atomic E-state index is 0.291. The van der Waals surface area contributed by atoms with Crippen LogP contribution in [0.25, 0.3) is 0 Å². The molecule has 0 spiro atoms. The second-order valence-electron chi connectivity index (χ2n) is 5.37. The van der Waals surface area contributed by atoms with Gasteiger partial charge in [0.05, 0.1) is 6.10 Å². The van der Waals surface area contributed by atoms with E-state index in [0.717, 1.165) is 49.0 Å². The minimum atomic E-state index is -0.376. The van der Waals surface area contributed by atoms with E-state index in [4.69, 9.17) is 9.26 Å². The fourth-order valence-electron chi connectivity index (χ4n) is 2.73. The van der Waals surface area contributed by atoms with Crippen molar-refractivity contribution in [3.63, 3.8) is 0 Å². The molecule has 0 bridgehead atoms. The molecule has 1 N–H and O–H groups in total. The second kappa shape index (κ2) is 6.26. The zero-order valence-corrected chi connectivity index (χ0v) is 12.2. The Morgan fingerprint density at radius 1 is 1.43 bits per heavy atom. The summed E-state index contributed by atoms with van der Waals surface area (Å²) in [4.78, 5) is 4.29. The smallest absolute Gasteiger partial charge is 0.226 e. The van der Waals surface area contributed by atoms with Crippen LogP contribution in [0.15, 0.2) is 22.7 Å². The zero-order valence-electron chi connectivity index (χ0n) is 12.2. The van der Waals surface area contributed by atoms with Crippen molar-refractivity contribution in [1.29, 1.82) is 0 Å². The molecule has 3 rings (SSSR count). The Morgan fingerprint density at radius 2 is 2.33 bits per heavy atom. The van der Waals surface area contributed by atoms with Crippen LogP contribution in [-0.4, -0.2) is 15.2 Å². The van der Waals surface area contributed by atoms with Gasteiger partial charge in [0.1, 0.15) is 5.75 Å². The van der Waals surface area contributed by atoms with E-state index in [1.807, 2.05) is 18.2 Å². The van der Waals surface area contributed by atoms with Crippen molar-refractivity contribution in [3.8, 4) is 5.75 Å². The zero-order chi connectivity index (χ0) is 14.7. The molecule has 0 saturated heterocycles. The molecule has 0 saturated carbocycles. The number of aromatic nitrogens is 2. The van der Waals surface area contributed by atoms with Crippen LogP contribution in [0.2, 0.25) is 0 Å². The highest BCUT2D eigenvalue weighted by atomic mass is 16.5. The van der Waals surface area contributed by atoms with Gasteiger partial charge in [-0.2, -0.15) is 4.98 Å². The molecule has 5 nitrogen and oxygen atoms in total. The van der Waals surface area contributed by atoms with Crippen molar-refractivity contribution in [2.75, 3.05) is 0 Å². The quantitative estimate of drug-likeness (QED) is 0.916. The summed E-state index contributed by atoms with van der Waals surface area (Å²) >= 11 is 0. The molecule has 1 aromatic heterocycles. The average molecular weight is 288 g/mol. The van der Waals surface area contributed by atoms with E-state index in [0.29, 0.717) is 18.3 Å². The molecule has 1 unspecified atom stereocenters. The predicted octanol–water partition coefficient (Wildman–Crippen LogP) is 2.97. The van der Waals surface area contributed by atoms with Crippen LogP contribution >= 0.6 is 0 Å². The lowest BCUT2D eigenvalue weighted by molar-refractivity contribution is 0.155. The molecule has 1 atom stereocenters. The summed E-state index contributed by atoms with van der Waals surface area (Å²) in [5, 5.41) is 14.0. The number of aliphatic hydroxyl groups is 1. The molecule has 1 aromatic carbocycles. The highest BCUT2D eigenvalue weighted by Crippen LogP contribution is 2.35. The van der Waals surface area contributed by atoms with Gasteiger partial charge < -0.3 is 14.4 Å². The van der Waals surface area contributed by atoms with Crippen molar-refractivity contribution in [2.45, 2.75) is 51.7 Å². The van der Waals surface area contributed by atoms with Gasteiger partial charge in [-0.15, -0.1) is 0 Å². The summed E-state index contributed by atoms with van der Waals surface area (Å²) in [6.07, 6.45) is 4.14. The first-order valence-corrected chi connectivity index (χ1v) is 7.52. The summed E-state index contributed by atoms with van der Waals surface area (Å²) < 4.78 is 11.0. The molecule has 0 radical (unpaired) electrons. The molecule has 5 heteroatoms. The van der Waals surface area contributed by atoms with E-state index in [9.17, 15) is 5.11 Å². The summed E-state index contributed by atoms with van der Waals surface area (Å²) in [7, 11) is 0. The SMILES string of the molecule is CCCc1nc(COc2cccc3c2CCCC3O)no1. The van der Waals surface area contributed by atoms with E-state index < -0.39 is 0 Å². The van der Waals surface area contributed by atoms with Crippen LogP contribution in [0.4, 0.5) is 0 Å². The Bertz CT molecular complexity index is 609. The van der Waals surface area contributed by atoms with E-state index in [2.05, 4.69) is 17.1 Å². The molecule has 1 aliphatic carbocycles. The maximum atomic E-state index is 10.0. The van der Waals surface area contributed by atoms with Gasteiger partial charge in [-0.3, -0.25) is 0 Å². The molecule has 1 heterocycles. The van der Waals surface area contributed by atoms with Crippen molar-refractivity contribution in [3.05, 3.63) is 41.0 Å². The van der Waals surface area contributed by atoms with Crippen LogP contribution in [-0.2, 0) is 19.4 Å². The van der Waals surface area contributed by atoms with Gasteiger partial charge in [-0.05, 0) is 42.9 Å². The summed E-state index contributed by atoms with van der Waals surface area (Å²) in [6, 6.07) is 5.82. The normalized spacial score (nSPS) is 17.5. The molecule has 112 valence electrons. The lowest BCUT2D eigenvalue weighted by Gasteiger charge is -2.23. The van der Waals surface area contributed by atoms with Gasteiger partial charge in [0, 0.05) is 6.42 Å². The fraction of sp³-hybridized carbons (Fsp3) is 0.500. The molecule has 1 aliphatic rings.